The second kappa shape index (κ2) is 8.53. The molecule has 0 bridgehead atoms. The standard InChI is InChI=1S/C20H18ClN3O2S2/c21-13-4-6-14(7-5-13)28-17-9-8-16(26-17)19-18(15-3-1-2-10-22-15)23-20(27)24(19)11-12-25/h1-10,18-19,25H,11-12H2,(H,23,27)/t18-,19-/m1/s1. The molecular weight excluding hydrogens is 414 g/mol. The lowest BCUT2D eigenvalue weighted by Gasteiger charge is -2.25. The van der Waals surface area contributed by atoms with E-state index in [9.17, 15) is 5.11 Å². The zero-order chi connectivity index (χ0) is 19.5. The third-order valence-electron chi connectivity index (χ3n) is 4.46. The number of furan rings is 1. The van der Waals surface area contributed by atoms with Gasteiger partial charge in [-0.05, 0) is 60.7 Å². The van der Waals surface area contributed by atoms with Crippen LogP contribution in [-0.4, -0.2) is 33.3 Å². The third kappa shape index (κ3) is 4.03. The molecule has 1 fully saturated rings. The third-order valence-corrected chi connectivity index (χ3v) is 6.00. The Hall–Kier alpha value is -2.06. The highest BCUT2D eigenvalue weighted by Crippen LogP contribution is 2.41. The van der Waals surface area contributed by atoms with Crippen LogP contribution in [-0.2, 0) is 0 Å². The molecule has 0 aliphatic carbocycles. The highest BCUT2D eigenvalue weighted by Gasteiger charge is 2.41. The number of nitrogens with zero attached hydrogens (tertiary/aromatic N) is 2. The molecule has 2 atom stereocenters. The second-order valence-corrected chi connectivity index (χ2v) is 8.16. The van der Waals surface area contributed by atoms with E-state index < -0.39 is 0 Å². The molecule has 1 aromatic carbocycles. The molecule has 0 spiro atoms. The fraction of sp³-hybridized carbons (Fsp3) is 0.200. The lowest BCUT2D eigenvalue weighted by Crippen LogP contribution is -2.32. The SMILES string of the molecule is OCCN1C(=S)N[C@H](c2ccccn2)[C@H]1c1ccc(Sc2ccc(Cl)cc2)o1. The zero-order valence-electron chi connectivity index (χ0n) is 14.8. The quantitative estimate of drug-likeness (QED) is 0.559. The number of aliphatic hydroxyl groups excluding tert-OH is 1. The van der Waals surface area contributed by atoms with Gasteiger partial charge >= 0.3 is 0 Å². The van der Waals surface area contributed by atoms with Crippen molar-refractivity contribution < 1.29 is 9.52 Å². The van der Waals surface area contributed by atoms with E-state index in [4.69, 9.17) is 28.2 Å². The molecule has 3 aromatic rings. The molecule has 2 aromatic heterocycles. The minimum Gasteiger partial charge on any atom is -0.452 e. The molecule has 3 heterocycles. The molecule has 28 heavy (non-hydrogen) atoms. The molecular formula is C20H18ClN3O2S2. The number of hydrogen-bond acceptors (Lipinski definition) is 5. The average Bonchev–Trinajstić information content (AvgIpc) is 3.29. The van der Waals surface area contributed by atoms with Crippen LogP contribution in [0.4, 0.5) is 0 Å². The Morgan fingerprint density at radius 3 is 2.71 bits per heavy atom. The maximum absolute atomic E-state index is 9.50. The molecule has 4 rings (SSSR count). The average molecular weight is 432 g/mol. The molecule has 1 aliphatic rings. The van der Waals surface area contributed by atoms with Gasteiger partial charge in [-0.1, -0.05) is 29.4 Å². The van der Waals surface area contributed by atoms with Crippen molar-refractivity contribution in [1.82, 2.24) is 15.2 Å². The molecule has 0 saturated carbocycles. The first-order valence-electron chi connectivity index (χ1n) is 8.78. The van der Waals surface area contributed by atoms with Crippen LogP contribution in [0.5, 0.6) is 0 Å². The van der Waals surface area contributed by atoms with Crippen LogP contribution >= 0.6 is 35.6 Å². The smallest absolute Gasteiger partial charge is 0.170 e. The Labute approximate surface area is 177 Å². The summed E-state index contributed by atoms with van der Waals surface area (Å²) in [4.78, 5) is 7.47. The van der Waals surface area contributed by atoms with Crippen molar-refractivity contribution >= 4 is 40.7 Å². The van der Waals surface area contributed by atoms with E-state index in [1.54, 1.807) is 6.20 Å². The van der Waals surface area contributed by atoms with Crippen molar-refractivity contribution in [2.75, 3.05) is 13.2 Å². The molecule has 8 heteroatoms. The van der Waals surface area contributed by atoms with Crippen molar-refractivity contribution in [1.29, 1.82) is 0 Å². The summed E-state index contributed by atoms with van der Waals surface area (Å²) in [5, 5.41) is 14.9. The fourth-order valence-corrected chi connectivity index (χ4v) is 4.47. The minimum absolute atomic E-state index is 0.000346. The van der Waals surface area contributed by atoms with E-state index in [1.807, 2.05) is 59.5 Å². The van der Waals surface area contributed by atoms with E-state index in [2.05, 4.69) is 10.3 Å². The van der Waals surface area contributed by atoms with Gasteiger partial charge in [0.15, 0.2) is 10.2 Å². The maximum Gasteiger partial charge on any atom is 0.170 e. The molecule has 2 N–H and O–H groups in total. The summed E-state index contributed by atoms with van der Waals surface area (Å²) in [5.41, 5.74) is 0.874. The highest BCUT2D eigenvalue weighted by atomic mass is 35.5. The van der Waals surface area contributed by atoms with Gasteiger partial charge in [-0.2, -0.15) is 0 Å². The summed E-state index contributed by atoms with van der Waals surface area (Å²) in [6.45, 7) is 0.417. The van der Waals surface area contributed by atoms with Crippen molar-refractivity contribution in [2.45, 2.75) is 22.1 Å². The molecule has 0 amide bonds. The largest absolute Gasteiger partial charge is 0.452 e. The molecule has 5 nitrogen and oxygen atoms in total. The number of rotatable bonds is 6. The van der Waals surface area contributed by atoms with Crippen LogP contribution in [0, 0.1) is 0 Å². The maximum atomic E-state index is 9.50. The van der Waals surface area contributed by atoms with Crippen LogP contribution in [0.2, 0.25) is 5.02 Å². The van der Waals surface area contributed by atoms with E-state index in [0.29, 0.717) is 16.7 Å². The summed E-state index contributed by atoms with van der Waals surface area (Å²) in [7, 11) is 0. The number of hydrogen-bond donors (Lipinski definition) is 2. The summed E-state index contributed by atoms with van der Waals surface area (Å²) < 4.78 is 6.16. The van der Waals surface area contributed by atoms with E-state index in [1.165, 1.54) is 11.8 Å². The van der Waals surface area contributed by atoms with Gasteiger partial charge in [0.25, 0.3) is 0 Å². The predicted molar refractivity (Wildman–Crippen MR) is 114 cm³/mol. The number of pyridine rings is 1. The van der Waals surface area contributed by atoms with Gasteiger partial charge < -0.3 is 19.7 Å². The second-order valence-electron chi connectivity index (χ2n) is 6.26. The Kier molecular flexibility index (Phi) is 5.87. The highest BCUT2D eigenvalue weighted by molar-refractivity contribution is 7.99. The fourth-order valence-electron chi connectivity index (χ4n) is 3.23. The van der Waals surface area contributed by atoms with Crippen LogP contribution in [0.25, 0.3) is 0 Å². The van der Waals surface area contributed by atoms with E-state index >= 15 is 0 Å². The van der Waals surface area contributed by atoms with Gasteiger partial charge in [0.05, 0.1) is 18.3 Å². The molecule has 0 unspecified atom stereocenters. The van der Waals surface area contributed by atoms with Gasteiger partial charge in [-0.15, -0.1) is 0 Å². The van der Waals surface area contributed by atoms with Gasteiger partial charge in [0.2, 0.25) is 0 Å². The first kappa shape index (κ1) is 19.3. The van der Waals surface area contributed by atoms with Crippen LogP contribution in [0.15, 0.2) is 75.2 Å². The summed E-state index contributed by atoms with van der Waals surface area (Å²) in [6.07, 6.45) is 1.76. The van der Waals surface area contributed by atoms with Crippen molar-refractivity contribution in [2.24, 2.45) is 0 Å². The number of β-amino-alcohol motifs (C(OH)–C–C–N with tert-alkyl or cyclic N) is 1. The summed E-state index contributed by atoms with van der Waals surface area (Å²) >= 11 is 13.0. The first-order chi connectivity index (χ1) is 13.7. The Bertz CT molecular complexity index is 950. The van der Waals surface area contributed by atoms with Crippen molar-refractivity contribution in [3.8, 4) is 0 Å². The van der Waals surface area contributed by atoms with Gasteiger partial charge in [0.1, 0.15) is 11.8 Å². The normalized spacial score (nSPS) is 19.1. The van der Waals surface area contributed by atoms with E-state index in [-0.39, 0.29) is 18.7 Å². The van der Waals surface area contributed by atoms with Gasteiger partial charge in [-0.3, -0.25) is 4.98 Å². The first-order valence-corrected chi connectivity index (χ1v) is 10.4. The molecule has 144 valence electrons. The number of aromatic nitrogens is 1. The van der Waals surface area contributed by atoms with Gasteiger partial charge in [-0.25, -0.2) is 0 Å². The van der Waals surface area contributed by atoms with Crippen molar-refractivity contribution in [3.63, 3.8) is 0 Å². The monoisotopic (exact) mass is 431 g/mol. The van der Waals surface area contributed by atoms with Crippen LogP contribution in [0.1, 0.15) is 23.5 Å². The molecule has 0 radical (unpaired) electrons. The lowest BCUT2D eigenvalue weighted by atomic mass is 10.0. The van der Waals surface area contributed by atoms with E-state index in [0.717, 1.165) is 21.4 Å². The lowest BCUT2D eigenvalue weighted by molar-refractivity contribution is 0.204. The Balaban J connectivity index is 1.63. The van der Waals surface area contributed by atoms with Crippen LogP contribution < -0.4 is 5.32 Å². The van der Waals surface area contributed by atoms with Crippen LogP contribution in [0.3, 0.4) is 0 Å². The zero-order valence-corrected chi connectivity index (χ0v) is 17.2. The molecule has 1 aliphatic heterocycles. The number of halogens is 1. The number of nitrogens with one attached hydrogen (secondary N) is 1. The summed E-state index contributed by atoms with van der Waals surface area (Å²) in [6, 6.07) is 17.0. The molecule has 1 saturated heterocycles. The Morgan fingerprint density at radius 1 is 1.18 bits per heavy atom. The van der Waals surface area contributed by atoms with Gasteiger partial charge in [0, 0.05) is 22.7 Å². The number of thiocarbonyl (C=S) groups is 1. The predicted octanol–water partition coefficient (Wildman–Crippen LogP) is 4.44. The Morgan fingerprint density at radius 2 is 2.00 bits per heavy atom. The number of aliphatic hydroxyl groups is 1. The minimum atomic E-state index is -0.186. The topological polar surface area (TPSA) is 61.5 Å². The number of benzene rings is 1. The summed E-state index contributed by atoms with van der Waals surface area (Å²) in [5.74, 6) is 0.771. The van der Waals surface area contributed by atoms with Crippen molar-refractivity contribution in [3.05, 3.63) is 77.3 Å².